The number of hydrogen-bond acceptors (Lipinski definition) is 4. The number of fused-ring (bicyclic) bond motifs is 1. The molecular weight excluding hydrogens is 310 g/mol. The molecule has 0 saturated carbocycles. The maximum absolute atomic E-state index is 5.82. The molecule has 112 valence electrons. The summed E-state index contributed by atoms with van der Waals surface area (Å²) in [7, 11) is 0. The van der Waals surface area contributed by atoms with Crippen molar-refractivity contribution >= 4 is 34.1 Å². The number of pyridine rings is 1. The first kappa shape index (κ1) is 13.7. The van der Waals surface area contributed by atoms with Gasteiger partial charge in [-0.05, 0) is 42.5 Å². The SMILES string of the molecule is Clc1ccc(-c2ccnc(Nc3ccc4[nH]ccc4c3)n2)cn1. The zero-order valence-electron chi connectivity index (χ0n) is 12.0. The lowest BCUT2D eigenvalue weighted by Gasteiger charge is -2.07. The van der Waals surface area contributed by atoms with Gasteiger partial charge in [0.1, 0.15) is 5.15 Å². The number of aromatic nitrogens is 4. The molecule has 0 radical (unpaired) electrons. The van der Waals surface area contributed by atoms with Gasteiger partial charge in [0.2, 0.25) is 5.95 Å². The van der Waals surface area contributed by atoms with E-state index < -0.39 is 0 Å². The van der Waals surface area contributed by atoms with E-state index in [9.17, 15) is 0 Å². The van der Waals surface area contributed by atoms with E-state index in [0.717, 1.165) is 27.8 Å². The fraction of sp³-hybridized carbons (Fsp3) is 0. The van der Waals surface area contributed by atoms with E-state index >= 15 is 0 Å². The van der Waals surface area contributed by atoms with Crippen molar-refractivity contribution in [2.24, 2.45) is 0 Å². The smallest absolute Gasteiger partial charge is 0.227 e. The van der Waals surface area contributed by atoms with E-state index in [1.807, 2.05) is 42.6 Å². The van der Waals surface area contributed by atoms with Gasteiger partial charge in [0.05, 0.1) is 5.69 Å². The van der Waals surface area contributed by atoms with Crippen LogP contribution in [0.1, 0.15) is 0 Å². The van der Waals surface area contributed by atoms with Crippen LogP contribution in [0.15, 0.2) is 61.1 Å². The largest absolute Gasteiger partial charge is 0.361 e. The van der Waals surface area contributed by atoms with Gasteiger partial charge in [-0.2, -0.15) is 0 Å². The number of hydrogen-bond donors (Lipinski definition) is 2. The zero-order chi connectivity index (χ0) is 15.6. The van der Waals surface area contributed by atoms with Gasteiger partial charge in [-0.1, -0.05) is 11.6 Å². The molecule has 0 fully saturated rings. The van der Waals surface area contributed by atoms with Crippen LogP contribution in [0.25, 0.3) is 22.2 Å². The van der Waals surface area contributed by atoms with Crippen molar-refractivity contribution in [3.05, 3.63) is 66.2 Å². The molecule has 0 atom stereocenters. The van der Waals surface area contributed by atoms with Gasteiger partial charge in [-0.15, -0.1) is 0 Å². The molecule has 3 aromatic heterocycles. The molecule has 2 N–H and O–H groups in total. The first-order valence-corrected chi connectivity index (χ1v) is 7.45. The van der Waals surface area contributed by atoms with Crippen LogP contribution in [-0.4, -0.2) is 19.9 Å². The van der Waals surface area contributed by atoms with Gasteiger partial charge >= 0.3 is 0 Å². The third kappa shape index (κ3) is 2.86. The number of halogens is 1. The summed E-state index contributed by atoms with van der Waals surface area (Å²) in [5.74, 6) is 0.535. The maximum atomic E-state index is 5.82. The van der Waals surface area contributed by atoms with Crippen molar-refractivity contribution in [1.82, 2.24) is 19.9 Å². The van der Waals surface area contributed by atoms with Crippen molar-refractivity contribution in [2.75, 3.05) is 5.32 Å². The number of rotatable bonds is 3. The van der Waals surface area contributed by atoms with Crippen LogP contribution in [0.4, 0.5) is 11.6 Å². The van der Waals surface area contributed by atoms with Gasteiger partial charge in [0.25, 0.3) is 0 Å². The quantitative estimate of drug-likeness (QED) is 0.548. The summed E-state index contributed by atoms with van der Waals surface area (Å²) in [6, 6.07) is 13.5. The second kappa shape index (κ2) is 5.70. The van der Waals surface area contributed by atoms with Crippen LogP contribution in [-0.2, 0) is 0 Å². The number of benzene rings is 1. The van der Waals surface area contributed by atoms with Gasteiger partial charge in [-0.25, -0.2) is 15.0 Å². The molecule has 23 heavy (non-hydrogen) atoms. The lowest BCUT2D eigenvalue weighted by molar-refractivity contribution is 1.16. The minimum Gasteiger partial charge on any atom is -0.361 e. The first-order chi connectivity index (χ1) is 11.3. The zero-order valence-corrected chi connectivity index (χ0v) is 12.7. The highest BCUT2D eigenvalue weighted by molar-refractivity contribution is 6.29. The van der Waals surface area contributed by atoms with Gasteiger partial charge < -0.3 is 10.3 Å². The number of nitrogens with zero attached hydrogens (tertiary/aromatic N) is 3. The fourth-order valence-corrected chi connectivity index (χ4v) is 2.48. The summed E-state index contributed by atoms with van der Waals surface area (Å²) in [5, 5.41) is 4.82. The highest BCUT2D eigenvalue weighted by Crippen LogP contribution is 2.22. The minimum atomic E-state index is 0.459. The highest BCUT2D eigenvalue weighted by atomic mass is 35.5. The predicted molar refractivity (Wildman–Crippen MR) is 91.9 cm³/mol. The third-order valence-electron chi connectivity index (χ3n) is 3.49. The molecule has 0 spiro atoms. The summed E-state index contributed by atoms with van der Waals surface area (Å²) in [6.07, 6.45) is 5.33. The van der Waals surface area contributed by atoms with Crippen LogP contribution in [0.5, 0.6) is 0 Å². The second-order valence-corrected chi connectivity index (χ2v) is 5.43. The van der Waals surface area contributed by atoms with E-state index in [4.69, 9.17) is 11.6 Å². The maximum Gasteiger partial charge on any atom is 0.227 e. The molecule has 0 aliphatic carbocycles. The Labute approximate surface area is 137 Å². The molecule has 0 bridgehead atoms. The van der Waals surface area contributed by atoms with Crippen LogP contribution in [0, 0.1) is 0 Å². The van der Waals surface area contributed by atoms with Crippen LogP contribution in [0.3, 0.4) is 0 Å². The van der Waals surface area contributed by atoms with E-state index in [0.29, 0.717) is 11.1 Å². The number of aromatic amines is 1. The van der Waals surface area contributed by atoms with Gasteiger partial charge in [0, 0.05) is 40.7 Å². The molecule has 6 heteroatoms. The molecule has 0 saturated heterocycles. The Morgan fingerprint density at radius 2 is 1.96 bits per heavy atom. The van der Waals surface area contributed by atoms with Crippen LogP contribution in [0.2, 0.25) is 5.15 Å². The Bertz CT molecular complexity index is 962. The van der Waals surface area contributed by atoms with Crippen molar-refractivity contribution in [3.63, 3.8) is 0 Å². The Balaban J connectivity index is 1.64. The molecule has 4 rings (SSSR count). The normalized spacial score (nSPS) is 10.8. The summed E-state index contributed by atoms with van der Waals surface area (Å²) in [5.41, 5.74) is 3.70. The van der Waals surface area contributed by atoms with Crippen LogP contribution < -0.4 is 5.32 Å². The van der Waals surface area contributed by atoms with Crippen molar-refractivity contribution in [2.45, 2.75) is 0 Å². The Morgan fingerprint density at radius 3 is 2.83 bits per heavy atom. The lowest BCUT2D eigenvalue weighted by Crippen LogP contribution is -1.97. The summed E-state index contributed by atoms with van der Waals surface area (Å²) in [4.78, 5) is 16.0. The number of H-pyrrole nitrogens is 1. The molecule has 0 unspecified atom stereocenters. The second-order valence-electron chi connectivity index (χ2n) is 5.04. The first-order valence-electron chi connectivity index (χ1n) is 7.07. The molecule has 5 nitrogen and oxygen atoms in total. The lowest BCUT2D eigenvalue weighted by atomic mass is 10.2. The minimum absolute atomic E-state index is 0.459. The molecular formula is C17H12ClN5. The Morgan fingerprint density at radius 1 is 1.00 bits per heavy atom. The average Bonchev–Trinajstić information content (AvgIpc) is 3.03. The molecule has 4 aromatic rings. The topological polar surface area (TPSA) is 66.5 Å². The third-order valence-corrected chi connectivity index (χ3v) is 3.71. The molecule has 0 aliphatic rings. The Kier molecular flexibility index (Phi) is 3.40. The van der Waals surface area contributed by atoms with E-state index in [1.165, 1.54) is 0 Å². The van der Waals surface area contributed by atoms with Crippen molar-refractivity contribution in [3.8, 4) is 11.3 Å². The van der Waals surface area contributed by atoms with Gasteiger partial charge in [-0.3, -0.25) is 0 Å². The van der Waals surface area contributed by atoms with Crippen molar-refractivity contribution in [1.29, 1.82) is 0 Å². The van der Waals surface area contributed by atoms with E-state index in [2.05, 4.69) is 25.3 Å². The summed E-state index contributed by atoms with van der Waals surface area (Å²) < 4.78 is 0. The standard InChI is InChI=1S/C17H12ClN5/c18-16-4-1-12(10-21-16)15-6-8-20-17(23-15)22-13-2-3-14-11(9-13)5-7-19-14/h1-10,19H,(H,20,22,23). The van der Waals surface area contributed by atoms with Gasteiger partial charge in [0.15, 0.2) is 0 Å². The monoisotopic (exact) mass is 321 g/mol. The highest BCUT2D eigenvalue weighted by Gasteiger charge is 2.04. The fourth-order valence-electron chi connectivity index (χ4n) is 2.37. The molecule has 1 aromatic carbocycles. The van der Waals surface area contributed by atoms with E-state index in [-0.39, 0.29) is 0 Å². The molecule has 3 heterocycles. The van der Waals surface area contributed by atoms with Crippen molar-refractivity contribution < 1.29 is 0 Å². The van der Waals surface area contributed by atoms with E-state index in [1.54, 1.807) is 18.5 Å². The van der Waals surface area contributed by atoms with Crippen LogP contribution >= 0.6 is 11.6 Å². The molecule has 0 aliphatic heterocycles. The number of anilines is 2. The summed E-state index contributed by atoms with van der Waals surface area (Å²) in [6.45, 7) is 0. The summed E-state index contributed by atoms with van der Waals surface area (Å²) >= 11 is 5.82. The average molecular weight is 322 g/mol. The number of nitrogens with one attached hydrogen (secondary N) is 2. The molecule has 0 amide bonds. The predicted octanol–water partition coefficient (Wildman–Crippen LogP) is 4.42. The Hall–Kier alpha value is -2.92.